The molecule has 0 fully saturated rings. The van der Waals surface area contributed by atoms with Crippen LogP contribution in [0.25, 0.3) is 10.8 Å². The van der Waals surface area contributed by atoms with E-state index in [1.165, 1.54) is 0 Å². The smallest absolute Gasteiger partial charge is 0.189 e. The van der Waals surface area contributed by atoms with E-state index in [9.17, 15) is 0 Å². The molecule has 2 rings (SSSR count). The highest BCUT2D eigenvalue weighted by atomic mass is 127. The van der Waals surface area contributed by atoms with Crippen LogP contribution in [0.5, 0.6) is 5.75 Å². The highest BCUT2D eigenvalue weighted by Gasteiger charge is 1.99. The minimum absolute atomic E-state index is 0. The van der Waals surface area contributed by atoms with Crippen LogP contribution in [0.2, 0.25) is 0 Å². The zero-order chi connectivity index (χ0) is 15.2. The molecule has 0 heterocycles. The van der Waals surface area contributed by atoms with Crippen molar-refractivity contribution in [1.29, 1.82) is 0 Å². The molecule has 0 amide bonds. The molecule has 2 aromatic carbocycles. The lowest BCUT2D eigenvalue weighted by atomic mass is 10.1. The Hall–Kier alpha value is -1.76. The predicted octanol–water partition coefficient (Wildman–Crippen LogP) is 3.45. The van der Waals surface area contributed by atoms with Gasteiger partial charge < -0.3 is 15.8 Å². The van der Waals surface area contributed by atoms with Crippen molar-refractivity contribution in [3.05, 3.63) is 54.1 Å². The molecule has 0 saturated carbocycles. The second-order valence-electron chi connectivity index (χ2n) is 5.06. The van der Waals surface area contributed by atoms with E-state index < -0.39 is 0 Å². The van der Waals surface area contributed by atoms with Gasteiger partial charge in [0, 0.05) is 6.54 Å². The summed E-state index contributed by atoms with van der Waals surface area (Å²) in [6, 6.07) is 12.3. The number of nitrogens with two attached hydrogens (primary N) is 1. The van der Waals surface area contributed by atoms with Crippen molar-refractivity contribution in [3.8, 4) is 5.75 Å². The lowest BCUT2D eigenvalue weighted by molar-refractivity contribution is 0.415. The van der Waals surface area contributed by atoms with E-state index in [2.05, 4.69) is 35.1 Å². The van der Waals surface area contributed by atoms with Gasteiger partial charge in [-0.2, -0.15) is 0 Å². The maximum absolute atomic E-state index is 5.80. The molecule has 0 aliphatic heterocycles. The standard InChI is InChI=1S/C17H21N3O.HI/c1-12(2)10-19-17(18)20-11-13-4-5-15-9-16(21-3)7-6-14(15)8-13;/h4-9H,1,10-11H2,2-3H3,(H3,18,19,20);1H. The van der Waals surface area contributed by atoms with Crippen molar-refractivity contribution < 1.29 is 4.74 Å². The highest BCUT2D eigenvalue weighted by Crippen LogP contribution is 2.22. The fraction of sp³-hybridized carbons (Fsp3) is 0.235. The molecule has 0 aliphatic carbocycles. The molecule has 0 saturated heterocycles. The molecule has 0 radical (unpaired) electrons. The molecule has 0 unspecified atom stereocenters. The van der Waals surface area contributed by atoms with E-state index in [0.717, 1.165) is 27.7 Å². The number of aliphatic imine (C=N–C) groups is 1. The fourth-order valence-corrected chi connectivity index (χ4v) is 1.97. The van der Waals surface area contributed by atoms with Crippen LogP contribution < -0.4 is 15.8 Å². The van der Waals surface area contributed by atoms with Crippen molar-refractivity contribution in [1.82, 2.24) is 5.32 Å². The second kappa shape index (κ2) is 8.63. The first-order valence-corrected chi connectivity index (χ1v) is 6.83. The largest absolute Gasteiger partial charge is 0.497 e. The van der Waals surface area contributed by atoms with Crippen LogP contribution >= 0.6 is 24.0 Å². The van der Waals surface area contributed by atoms with Crippen LogP contribution in [0, 0.1) is 0 Å². The van der Waals surface area contributed by atoms with E-state index in [4.69, 9.17) is 10.5 Å². The van der Waals surface area contributed by atoms with E-state index in [1.807, 2.05) is 25.1 Å². The van der Waals surface area contributed by atoms with E-state index >= 15 is 0 Å². The maximum atomic E-state index is 5.80. The van der Waals surface area contributed by atoms with E-state index in [-0.39, 0.29) is 24.0 Å². The first-order valence-electron chi connectivity index (χ1n) is 6.83. The van der Waals surface area contributed by atoms with Crippen LogP contribution in [0.15, 0.2) is 53.5 Å². The Balaban J connectivity index is 0.00000242. The summed E-state index contributed by atoms with van der Waals surface area (Å²) >= 11 is 0. The average Bonchev–Trinajstić information content (AvgIpc) is 2.50. The first kappa shape index (κ1) is 18.3. The summed E-state index contributed by atoms with van der Waals surface area (Å²) in [4.78, 5) is 4.32. The lowest BCUT2D eigenvalue weighted by Gasteiger charge is -2.06. The van der Waals surface area contributed by atoms with Crippen molar-refractivity contribution in [2.45, 2.75) is 13.5 Å². The summed E-state index contributed by atoms with van der Waals surface area (Å²) in [7, 11) is 1.67. The summed E-state index contributed by atoms with van der Waals surface area (Å²) in [5, 5.41) is 5.33. The summed E-state index contributed by atoms with van der Waals surface area (Å²) in [6.45, 7) is 6.95. The Morgan fingerprint density at radius 2 is 1.91 bits per heavy atom. The third-order valence-electron chi connectivity index (χ3n) is 3.12. The number of methoxy groups -OCH3 is 1. The molecular weight excluding hydrogens is 389 g/mol. The number of benzene rings is 2. The molecule has 5 heteroatoms. The van der Waals surface area contributed by atoms with Crippen molar-refractivity contribution >= 4 is 40.7 Å². The van der Waals surface area contributed by atoms with E-state index in [1.54, 1.807) is 7.11 Å². The number of hydrogen-bond acceptors (Lipinski definition) is 2. The SMILES string of the molecule is C=C(C)CNC(N)=NCc1ccc2cc(OC)ccc2c1.I. The van der Waals surface area contributed by atoms with Gasteiger partial charge in [0.2, 0.25) is 0 Å². The minimum Gasteiger partial charge on any atom is -0.497 e. The highest BCUT2D eigenvalue weighted by molar-refractivity contribution is 14.0. The molecule has 118 valence electrons. The normalized spacial score (nSPS) is 10.9. The number of nitrogens with zero attached hydrogens (tertiary/aromatic N) is 1. The van der Waals surface area contributed by atoms with Gasteiger partial charge in [-0.15, -0.1) is 24.0 Å². The van der Waals surface area contributed by atoms with Crippen molar-refractivity contribution in [3.63, 3.8) is 0 Å². The first-order chi connectivity index (χ1) is 10.1. The number of fused-ring (bicyclic) bond motifs is 1. The predicted molar refractivity (Wildman–Crippen MR) is 104 cm³/mol. The zero-order valence-electron chi connectivity index (χ0n) is 12.9. The number of nitrogens with one attached hydrogen (secondary N) is 1. The lowest BCUT2D eigenvalue weighted by Crippen LogP contribution is -2.32. The molecule has 0 bridgehead atoms. The number of guanidine groups is 1. The van der Waals surface area contributed by atoms with Gasteiger partial charge in [0.15, 0.2) is 5.96 Å². The monoisotopic (exact) mass is 411 g/mol. The van der Waals surface area contributed by atoms with Crippen LogP contribution in [0.1, 0.15) is 12.5 Å². The van der Waals surface area contributed by atoms with Crippen molar-refractivity contribution in [2.75, 3.05) is 13.7 Å². The summed E-state index contributed by atoms with van der Waals surface area (Å²) in [5.74, 6) is 1.30. The zero-order valence-corrected chi connectivity index (χ0v) is 15.3. The van der Waals surface area contributed by atoms with Gasteiger partial charge in [-0.05, 0) is 41.5 Å². The Morgan fingerprint density at radius 3 is 2.59 bits per heavy atom. The summed E-state index contributed by atoms with van der Waals surface area (Å²) in [5.41, 5.74) is 7.94. The fourth-order valence-electron chi connectivity index (χ4n) is 1.97. The Bertz CT molecular complexity index is 683. The second-order valence-corrected chi connectivity index (χ2v) is 5.06. The minimum atomic E-state index is 0. The maximum Gasteiger partial charge on any atom is 0.189 e. The molecule has 0 aliphatic rings. The van der Waals surface area contributed by atoms with Gasteiger partial charge in [-0.3, -0.25) is 0 Å². The Labute approximate surface area is 148 Å². The van der Waals surface area contributed by atoms with Gasteiger partial charge in [0.1, 0.15) is 5.75 Å². The molecular formula is C17H22IN3O. The molecule has 0 spiro atoms. The van der Waals surface area contributed by atoms with Gasteiger partial charge in [0.25, 0.3) is 0 Å². The number of ether oxygens (including phenoxy) is 1. The number of hydrogen-bond donors (Lipinski definition) is 2. The van der Waals surface area contributed by atoms with Gasteiger partial charge in [0.05, 0.1) is 13.7 Å². The van der Waals surface area contributed by atoms with Crippen molar-refractivity contribution in [2.24, 2.45) is 10.7 Å². The molecule has 0 atom stereocenters. The molecule has 2 aromatic rings. The third kappa shape index (κ3) is 5.22. The van der Waals surface area contributed by atoms with E-state index in [0.29, 0.717) is 19.0 Å². The molecule has 22 heavy (non-hydrogen) atoms. The van der Waals surface area contributed by atoms with Gasteiger partial charge in [-0.1, -0.05) is 30.4 Å². The van der Waals surface area contributed by atoms with Crippen LogP contribution in [0.4, 0.5) is 0 Å². The van der Waals surface area contributed by atoms with Gasteiger partial charge >= 0.3 is 0 Å². The van der Waals surface area contributed by atoms with Crippen LogP contribution in [0.3, 0.4) is 0 Å². The van der Waals surface area contributed by atoms with Gasteiger partial charge in [-0.25, -0.2) is 4.99 Å². The number of halogens is 1. The summed E-state index contributed by atoms with van der Waals surface area (Å²) in [6.07, 6.45) is 0. The molecule has 3 N–H and O–H groups in total. The Kier molecular flexibility index (Phi) is 7.17. The quantitative estimate of drug-likeness (QED) is 0.343. The molecule has 0 aromatic heterocycles. The average molecular weight is 411 g/mol. The Morgan fingerprint density at radius 1 is 1.23 bits per heavy atom. The van der Waals surface area contributed by atoms with Crippen LogP contribution in [-0.4, -0.2) is 19.6 Å². The molecule has 4 nitrogen and oxygen atoms in total. The topological polar surface area (TPSA) is 59.6 Å². The van der Waals surface area contributed by atoms with Crippen LogP contribution in [-0.2, 0) is 6.54 Å². The number of rotatable bonds is 5. The third-order valence-corrected chi connectivity index (χ3v) is 3.12. The summed E-state index contributed by atoms with van der Waals surface area (Å²) < 4.78 is 5.22.